The Balaban J connectivity index is 1.70. The lowest BCUT2D eigenvalue weighted by molar-refractivity contribution is -0.129. The molecule has 0 unspecified atom stereocenters. The van der Waals surface area contributed by atoms with Gasteiger partial charge in [-0.1, -0.05) is 60.7 Å². The van der Waals surface area contributed by atoms with E-state index in [0.717, 1.165) is 39.1 Å². The first-order chi connectivity index (χ1) is 13.3. The van der Waals surface area contributed by atoms with E-state index in [0.29, 0.717) is 12.5 Å². The molecule has 0 aliphatic carbocycles. The number of carbonyl (C=O) groups excluding carboxylic acids is 1. The van der Waals surface area contributed by atoms with Crippen LogP contribution in [0.25, 0.3) is 0 Å². The van der Waals surface area contributed by atoms with Crippen molar-refractivity contribution in [1.29, 1.82) is 0 Å². The molecule has 0 saturated carbocycles. The first-order valence-electron chi connectivity index (χ1n) is 9.88. The minimum absolute atomic E-state index is 0.207. The Labute approximate surface area is 162 Å². The van der Waals surface area contributed by atoms with Gasteiger partial charge in [-0.25, -0.2) is 0 Å². The highest BCUT2D eigenvalue weighted by atomic mass is 16.5. The van der Waals surface area contributed by atoms with Gasteiger partial charge in [0.15, 0.2) is 0 Å². The zero-order valence-electron chi connectivity index (χ0n) is 16.1. The van der Waals surface area contributed by atoms with Crippen molar-refractivity contribution in [3.8, 4) is 0 Å². The summed E-state index contributed by atoms with van der Waals surface area (Å²) in [5.41, 5.74) is 2.53. The van der Waals surface area contributed by atoms with Gasteiger partial charge in [-0.2, -0.15) is 0 Å². The van der Waals surface area contributed by atoms with Crippen molar-refractivity contribution in [3.63, 3.8) is 0 Å². The Morgan fingerprint density at radius 3 is 2.26 bits per heavy atom. The summed E-state index contributed by atoms with van der Waals surface area (Å²) in [4.78, 5) is 14.7. The average Bonchev–Trinajstić information content (AvgIpc) is 3.06. The number of nitrogens with zero attached hydrogens (tertiary/aromatic N) is 1. The standard InChI is InChI=1S/C23H30N2O2/c1-27-17-16-24-15-14-21-12-13-23(26)25(21)18-22(19-8-4-2-5-9-19)20-10-6-3-7-11-20/h2-11,21-22,24H,12-18H2,1H3/t21-/m0/s1. The van der Waals surface area contributed by atoms with Gasteiger partial charge in [-0.05, 0) is 30.5 Å². The van der Waals surface area contributed by atoms with Gasteiger partial charge < -0.3 is 15.0 Å². The van der Waals surface area contributed by atoms with Crippen LogP contribution in [0.3, 0.4) is 0 Å². The number of ether oxygens (including phenoxy) is 1. The summed E-state index contributed by atoms with van der Waals surface area (Å²) in [5.74, 6) is 0.493. The number of hydrogen-bond acceptors (Lipinski definition) is 3. The highest BCUT2D eigenvalue weighted by molar-refractivity contribution is 5.79. The van der Waals surface area contributed by atoms with Crippen molar-refractivity contribution in [3.05, 3.63) is 71.8 Å². The minimum atomic E-state index is 0.207. The van der Waals surface area contributed by atoms with Crippen LogP contribution in [-0.2, 0) is 9.53 Å². The van der Waals surface area contributed by atoms with Crippen LogP contribution in [0.15, 0.2) is 60.7 Å². The normalized spacial score (nSPS) is 17.0. The lowest BCUT2D eigenvalue weighted by Crippen LogP contribution is -2.38. The van der Waals surface area contributed by atoms with E-state index in [2.05, 4.69) is 58.7 Å². The molecule has 1 atom stereocenters. The molecule has 3 rings (SSSR count). The van der Waals surface area contributed by atoms with Crippen molar-refractivity contribution in [2.75, 3.05) is 33.4 Å². The van der Waals surface area contributed by atoms with Crippen LogP contribution in [-0.4, -0.2) is 50.2 Å². The van der Waals surface area contributed by atoms with Gasteiger partial charge in [-0.3, -0.25) is 4.79 Å². The lowest BCUT2D eigenvalue weighted by Gasteiger charge is -2.30. The molecule has 1 aliphatic rings. The summed E-state index contributed by atoms with van der Waals surface area (Å²) in [5, 5.41) is 3.40. The fourth-order valence-electron chi connectivity index (χ4n) is 3.88. The summed E-state index contributed by atoms with van der Waals surface area (Å²) in [7, 11) is 1.71. The van der Waals surface area contributed by atoms with Crippen LogP contribution in [0.4, 0.5) is 0 Å². The topological polar surface area (TPSA) is 41.6 Å². The molecule has 2 aromatic carbocycles. The van der Waals surface area contributed by atoms with E-state index < -0.39 is 0 Å². The van der Waals surface area contributed by atoms with Gasteiger partial charge in [-0.15, -0.1) is 0 Å². The smallest absolute Gasteiger partial charge is 0.222 e. The van der Waals surface area contributed by atoms with Crippen LogP contribution in [0.1, 0.15) is 36.3 Å². The van der Waals surface area contributed by atoms with Crippen LogP contribution >= 0.6 is 0 Å². The number of hydrogen-bond donors (Lipinski definition) is 1. The third-order valence-electron chi connectivity index (χ3n) is 5.37. The Hall–Kier alpha value is -2.17. The summed E-state index contributed by atoms with van der Waals surface area (Å²) < 4.78 is 5.08. The number of amides is 1. The van der Waals surface area contributed by atoms with Crippen molar-refractivity contribution in [2.45, 2.75) is 31.2 Å². The third kappa shape index (κ3) is 5.41. The molecule has 144 valence electrons. The van der Waals surface area contributed by atoms with Crippen molar-refractivity contribution in [1.82, 2.24) is 10.2 Å². The molecule has 1 amide bonds. The molecule has 0 aromatic heterocycles. The van der Waals surface area contributed by atoms with E-state index in [4.69, 9.17) is 4.74 Å². The number of carbonyl (C=O) groups is 1. The molecule has 4 heteroatoms. The Morgan fingerprint density at radius 2 is 1.67 bits per heavy atom. The number of likely N-dealkylation sites (tertiary alicyclic amines) is 1. The van der Waals surface area contributed by atoms with Crippen molar-refractivity contribution < 1.29 is 9.53 Å². The van der Waals surface area contributed by atoms with Crippen LogP contribution in [0.2, 0.25) is 0 Å². The van der Waals surface area contributed by atoms with Gasteiger partial charge in [0.25, 0.3) is 0 Å². The first kappa shape index (κ1) is 19.6. The van der Waals surface area contributed by atoms with E-state index in [-0.39, 0.29) is 11.8 Å². The van der Waals surface area contributed by atoms with E-state index in [1.807, 2.05) is 12.1 Å². The second kappa shape index (κ2) is 10.2. The second-order valence-electron chi connectivity index (χ2n) is 7.14. The molecule has 0 radical (unpaired) electrons. The van der Waals surface area contributed by atoms with Crippen LogP contribution in [0, 0.1) is 0 Å². The number of methoxy groups -OCH3 is 1. The van der Waals surface area contributed by atoms with Crippen LogP contribution in [0.5, 0.6) is 0 Å². The van der Waals surface area contributed by atoms with E-state index in [9.17, 15) is 4.79 Å². The van der Waals surface area contributed by atoms with Crippen LogP contribution < -0.4 is 5.32 Å². The van der Waals surface area contributed by atoms with Gasteiger partial charge in [0, 0.05) is 38.6 Å². The van der Waals surface area contributed by atoms with E-state index in [1.165, 1.54) is 11.1 Å². The summed E-state index contributed by atoms with van der Waals surface area (Å²) >= 11 is 0. The Bertz CT molecular complexity index is 651. The quantitative estimate of drug-likeness (QED) is 0.655. The molecular formula is C23H30N2O2. The molecular weight excluding hydrogens is 336 g/mol. The molecule has 4 nitrogen and oxygen atoms in total. The molecule has 1 aliphatic heterocycles. The maximum atomic E-state index is 12.6. The maximum Gasteiger partial charge on any atom is 0.222 e. The van der Waals surface area contributed by atoms with Gasteiger partial charge in [0.1, 0.15) is 0 Å². The van der Waals surface area contributed by atoms with Crippen molar-refractivity contribution >= 4 is 5.91 Å². The molecule has 0 bridgehead atoms. The summed E-state index contributed by atoms with van der Waals surface area (Å²) in [6.07, 6.45) is 2.62. The largest absolute Gasteiger partial charge is 0.383 e. The predicted octanol–water partition coefficient (Wildman–Crippen LogP) is 3.44. The highest BCUT2D eigenvalue weighted by Crippen LogP contribution is 2.30. The van der Waals surface area contributed by atoms with E-state index in [1.54, 1.807) is 7.11 Å². The molecule has 0 spiro atoms. The predicted molar refractivity (Wildman–Crippen MR) is 109 cm³/mol. The maximum absolute atomic E-state index is 12.6. The molecule has 1 saturated heterocycles. The highest BCUT2D eigenvalue weighted by Gasteiger charge is 2.32. The fourth-order valence-corrected chi connectivity index (χ4v) is 3.88. The number of benzene rings is 2. The average molecular weight is 367 g/mol. The molecule has 1 N–H and O–H groups in total. The molecule has 27 heavy (non-hydrogen) atoms. The molecule has 2 aromatic rings. The lowest BCUT2D eigenvalue weighted by atomic mass is 9.90. The zero-order valence-corrected chi connectivity index (χ0v) is 16.1. The van der Waals surface area contributed by atoms with Crippen molar-refractivity contribution in [2.24, 2.45) is 0 Å². The molecule has 1 fully saturated rings. The molecule has 1 heterocycles. The number of rotatable bonds is 10. The van der Waals surface area contributed by atoms with Gasteiger partial charge in [0.05, 0.1) is 6.61 Å². The monoisotopic (exact) mass is 366 g/mol. The number of nitrogens with one attached hydrogen (secondary N) is 1. The van der Waals surface area contributed by atoms with Gasteiger partial charge in [0.2, 0.25) is 5.91 Å². The van der Waals surface area contributed by atoms with Gasteiger partial charge >= 0.3 is 0 Å². The Morgan fingerprint density at radius 1 is 1.04 bits per heavy atom. The van der Waals surface area contributed by atoms with E-state index >= 15 is 0 Å². The first-order valence-corrected chi connectivity index (χ1v) is 9.88. The fraction of sp³-hybridized carbons (Fsp3) is 0.435. The summed E-state index contributed by atoms with van der Waals surface area (Å²) in [6, 6.07) is 21.4. The third-order valence-corrected chi connectivity index (χ3v) is 5.37. The zero-order chi connectivity index (χ0) is 18.9. The minimum Gasteiger partial charge on any atom is -0.383 e. The second-order valence-corrected chi connectivity index (χ2v) is 7.14. The SMILES string of the molecule is COCCNCC[C@@H]1CCC(=O)N1CC(c1ccccc1)c1ccccc1. The Kier molecular flexibility index (Phi) is 7.43. The summed E-state index contributed by atoms with van der Waals surface area (Å²) in [6.45, 7) is 3.24.